The maximum Gasteiger partial charge on any atom is 0.251 e. The summed E-state index contributed by atoms with van der Waals surface area (Å²) in [6.45, 7) is 7.49. The molecule has 2 N–H and O–H groups in total. The number of aromatic amines is 1. The van der Waals surface area contributed by atoms with Gasteiger partial charge < -0.3 is 10.3 Å². The molecule has 0 spiro atoms. The van der Waals surface area contributed by atoms with Crippen molar-refractivity contribution in [2.75, 3.05) is 12.3 Å². The molecular weight excluding hydrogens is 270 g/mol. The van der Waals surface area contributed by atoms with Gasteiger partial charge in [0.05, 0.1) is 0 Å². The summed E-state index contributed by atoms with van der Waals surface area (Å²) in [5.41, 5.74) is 0.867. The minimum Gasteiger partial charge on any atom is -0.315 e. The third-order valence-corrected chi connectivity index (χ3v) is 4.06. The highest BCUT2D eigenvalue weighted by molar-refractivity contribution is 7.99. The number of aromatic nitrogens is 2. The van der Waals surface area contributed by atoms with Crippen molar-refractivity contribution in [2.45, 2.75) is 64.1 Å². The van der Waals surface area contributed by atoms with Gasteiger partial charge in [-0.3, -0.25) is 4.79 Å². The van der Waals surface area contributed by atoms with E-state index in [1.807, 2.05) is 0 Å². The Morgan fingerprint density at radius 1 is 1.40 bits per heavy atom. The number of unbranched alkanes of at least 4 members (excludes halogenated alkanes) is 1. The van der Waals surface area contributed by atoms with Crippen molar-refractivity contribution in [3.05, 3.63) is 22.1 Å². The fraction of sp³-hybridized carbons (Fsp3) is 0.733. The van der Waals surface area contributed by atoms with E-state index in [-0.39, 0.29) is 5.56 Å². The second-order valence-corrected chi connectivity index (χ2v) is 6.18. The molecule has 1 rings (SSSR count). The topological polar surface area (TPSA) is 57.8 Å². The van der Waals surface area contributed by atoms with Gasteiger partial charge in [-0.15, -0.1) is 0 Å². The molecule has 1 aromatic rings. The average molecular weight is 297 g/mol. The summed E-state index contributed by atoms with van der Waals surface area (Å²) in [7, 11) is 0. The standard InChI is InChI=1S/C15H27N3OS/c1-4-8-13-11-14(19)18-15(17-13)20-10-7-6-9-12(3)16-5-2/h11-12,16H,4-10H2,1-3H3,(H,17,18,19). The maximum absolute atomic E-state index is 11.5. The van der Waals surface area contributed by atoms with E-state index < -0.39 is 0 Å². The Morgan fingerprint density at radius 3 is 2.90 bits per heavy atom. The molecule has 0 amide bonds. The molecule has 5 heteroatoms. The molecule has 4 nitrogen and oxygen atoms in total. The normalized spacial score (nSPS) is 12.6. The van der Waals surface area contributed by atoms with Crippen LogP contribution in [0.5, 0.6) is 0 Å². The van der Waals surface area contributed by atoms with Gasteiger partial charge in [0.2, 0.25) is 0 Å². The van der Waals surface area contributed by atoms with Crippen LogP contribution < -0.4 is 10.9 Å². The number of thioether (sulfide) groups is 1. The number of nitrogens with zero attached hydrogens (tertiary/aromatic N) is 1. The number of H-pyrrole nitrogens is 1. The zero-order valence-corrected chi connectivity index (χ0v) is 13.7. The van der Waals surface area contributed by atoms with E-state index in [9.17, 15) is 4.79 Å². The number of hydrogen-bond acceptors (Lipinski definition) is 4. The first-order valence-corrected chi connectivity index (χ1v) is 8.60. The summed E-state index contributed by atoms with van der Waals surface area (Å²) in [5.74, 6) is 1.01. The lowest BCUT2D eigenvalue weighted by atomic mass is 10.1. The highest BCUT2D eigenvalue weighted by Gasteiger charge is 2.03. The molecule has 0 radical (unpaired) electrons. The number of hydrogen-bond donors (Lipinski definition) is 2. The second kappa shape index (κ2) is 10.00. The Labute approximate surface area is 126 Å². The molecule has 1 atom stereocenters. The Kier molecular flexibility index (Phi) is 8.62. The number of rotatable bonds is 10. The van der Waals surface area contributed by atoms with Crippen molar-refractivity contribution in [1.29, 1.82) is 0 Å². The molecule has 0 aliphatic heterocycles. The second-order valence-electron chi connectivity index (χ2n) is 5.09. The van der Waals surface area contributed by atoms with Gasteiger partial charge in [-0.25, -0.2) is 4.98 Å². The molecule has 1 heterocycles. The van der Waals surface area contributed by atoms with Gasteiger partial charge in [0.25, 0.3) is 5.56 Å². The van der Waals surface area contributed by atoms with Crippen LogP contribution in [0.4, 0.5) is 0 Å². The lowest BCUT2D eigenvalue weighted by Crippen LogP contribution is -2.25. The van der Waals surface area contributed by atoms with E-state index in [0.717, 1.165) is 42.4 Å². The van der Waals surface area contributed by atoms with E-state index in [1.54, 1.807) is 17.8 Å². The summed E-state index contributed by atoms with van der Waals surface area (Å²) in [6, 6.07) is 2.20. The molecule has 0 aliphatic carbocycles. The third-order valence-electron chi connectivity index (χ3n) is 3.10. The molecule has 0 saturated carbocycles. The van der Waals surface area contributed by atoms with Crippen LogP contribution in [0.1, 0.15) is 52.1 Å². The fourth-order valence-electron chi connectivity index (χ4n) is 2.11. The van der Waals surface area contributed by atoms with E-state index in [0.29, 0.717) is 6.04 Å². The largest absolute Gasteiger partial charge is 0.315 e. The molecule has 20 heavy (non-hydrogen) atoms. The summed E-state index contributed by atoms with van der Waals surface area (Å²) >= 11 is 1.65. The van der Waals surface area contributed by atoms with Crippen LogP contribution in [0.3, 0.4) is 0 Å². The van der Waals surface area contributed by atoms with Gasteiger partial charge in [0, 0.05) is 23.6 Å². The van der Waals surface area contributed by atoms with Gasteiger partial charge in [0.1, 0.15) is 0 Å². The van der Waals surface area contributed by atoms with Crippen LogP contribution in [0.15, 0.2) is 16.0 Å². The average Bonchev–Trinajstić information content (AvgIpc) is 2.38. The van der Waals surface area contributed by atoms with E-state index in [4.69, 9.17) is 0 Å². The van der Waals surface area contributed by atoms with Crippen LogP contribution in [-0.2, 0) is 6.42 Å². The monoisotopic (exact) mass is 297 g/mol. The van der Waals surface area contributed by atoms with Crippen molar-refractivity contribution < 1.29 is 0 Å². The van der Waals surface area contributed by atoms with Crippen molar-refractivity contribution in [3.8, 4) is 0 Å². The maximum atomic E-state index is 11.5. The van der Waals surface area contributed by atoms with Gasteiger partial charge >= 0.3 is 0 Å². The van der Waals surface area contributed by atoms with Gasteiger partial charge in [-0.2, -0.15) is 0 Å². The third kappa shape index (κ3) is 7.10. The summed E-state index contributed by atoms with van der Waals surface area (Å²) in [4.78, 5) is 18.8. The van der Waals surface area contributed by atoms with Crippen molar-refractivity contribution >= 4 is 11.8 Å². The Hall–Kier alpha value is -0.810. The van der Waals surface area contributed by atoms with E-state index in [1.165, 1.54) is 12.8 Å². The Balaban J connectivity index is 2.29. The van der Waals surface area contributed by atoms with Gasteiger partial charge in [0.15, 0.2) is 5.16 Å². The molecule has 1 aromatic heterocycles. The predicted octanol–water partition coefficient (Wildman–Crippen LogP) is 2.98. The minimum atomic E-state index is -0.0354. The van der Waals surface area contributed by atoms with Crippen LogP contribution in [-0.4, -0.2) is 28.3 Å². The zero-order valence-electron chi connectivity index (χ0n) is 12.9. The smallest absolute Gasteiger partial charge is 0.251 e. The molecule has 0 bridgehead atoms. The number of aryl methyl sites for hydroxylation is 1. The molecule has 0 fully saturated rings. The summed E-state index contributed by atoms with van der Waals surface area (Å²) in [5, 5.41) is 4.18. The van der Waals surface area contributed by atoms with Crippen LogP contribution in [0.25, 0.3) is 0 Å². The van der Waals surface area contributed by atoms with Crippen molar-refractivity contribution in [2.24, 2.45) is 0 Å². The number of nitrogens with one attached hydrogen (secondary N) is 2. The summed E-state index contributed by atoms with van der Waals surface area (Å²) < 4.78 is 0. The molecule has 0 saturated heterocycles. The predicted molar refractivity (Wildman–Crippen MR) is 86.6 cm³/mol. The highest BCUT2D eigenvalue weighted by atomic mass is 32.2. The Bertz CT molecular complexity index is 433. The summed E-state index contributed by atoms with van der Waals surface area (Å²) in [6.07, 6.45) is 5.46. The molecule has 114 valence electrons. The zero-order chi connectivity index (χ0) is 14.8. The Morgan fingerprint density at radius 2 is 2.20 bits per heavy atom. The molecule has 1 unspecified atom stereocenters. The van der Waals surface area contributed by atoms with Gasteiger partial charge in [-0.05, 0) is 32.7 Å². The molecular formula is C15H27N3OS. The first-order chi connectivity index (χ1) is 9.65. The van der Waals surface area contributed by atoms with Gasteiger partial charge in [-0.1, -0.05) is 38.5 Å². The van der Waals surface area contributed by atoms with Crippen LogP contribution in [0.2, 0.25) is 0 Å². The van der Waals surface area contributed by atoms with E-state index >= 15 is 0 Å². The molecule has 0 aromatic carbocycles. The quantitative estimate of drug-likeness (QED) is 0.396. The fourth-order valence-corrected chi connectivity index (χ4v) is 3.00. The lowest BCUT2D eigenvalue weighted by molar-refractivity contribution is 0.510. The van der Waals surface area contributed by atoms with Crippen molar-refractivity contribution in [3.63, 3.8) is 0 Å². The van der Waals surface area contributed by atoms with Crippen LogP contribution >= 0.6 is 11.8 Å². The van der Waals surface area contributed by atoms with E-state index in [2.05, 4.69) is 36.1 Å². The van der Waals surface area contributed by atoms with Crippen molar-refractivity contribution in [1.82, 2.24) is 15.3 Å². The highest BCUT2D eigenvalue weighted by Crippen LogP contribution is 2.15. The molecule has 0 aliphatic rings. The first kappa shape index (κ1) is 17.2. The minimum absolute atomic E-state index is 0.0354. The lowest BCUT2D eigenvalue weighted by Gasteiger charge is -2.11. The first-order valence-electron chi connectivity index (χ1n) is 7.62. The van der Waals surface area contributed by atoms with Crippen LogP contribution in [0, 0.1) is 0 Å². The SMILES string of the molecule is CCCc1cc(=O)[nH]c(SCCCCC(C)NCC)n1.